The summed E-state index contributed by atoms with van der Waals surface area (Å²) >= 11 is 0. The van der Waals surface area contributed by atoms with Gasteiger partial charge < -0.3 is 10.2 Å². The van der Waals surface area contributed by atoms with E-state index in [0.717, 1.165) is 25.7 Å². The van der Waals surface area contributed by atoms with Crippen LogP contribution in [0.2, 0.25) is 0 Å². The van der Waals surface area contributed by atoms with Crippen LogP contribution in [0.1, 0.15) is 51.1 Å². The van der Waals surface area contributed by atoms with Gasteiger partial charge in [0.05, 0.1) is 6.54 Å². The molecule has 6 heteroatoms. The van der Waals surface area contributed by atoms with Crippen molar-refractivity contribution in [2.75, 3.05) is 0 Å². The molecule has 0 amide bonds. The highest BCUT2D eigenvalue weighted by molar-refractivity contribution is 7.89. The van der Waals surface area contributed by atoms with Crippen molar-refractivity contribution in [3.8, 4) is 0 Å². The molecule has 5 nitrogen and oxygen atoms in total. The molecule has 0 aromatic carbocycles. The summed E-state index contributed by atoms with van der Waals surface area (Å²) in [5.74, 6) is 0.886. The van der Waals surface area contributed by atoms with Gasteiger partial charge in [0.2, 0.25) is 10.0 Å². The van der Waals surface area contributed by atoms with Crippen LogP contribution in [0.3, 0.4) is 0 Å². The number of hydrogen-bond donors (Lipinski definition) is 2. The Morgan fingerprint density at radius 1 is 1.45 bits per heavy atom. The number of rotatable bonds is 4. The maximum absolute atomic E-state index is 12.5. The van der Waals surface area contributed by atoms with E-state index in [1.54, 1.807) is 6.92 Å². The second-order valence-electron chi connectivity index (χ2n) is 6.25. The number of furan rings is 1. The van der Waals surface area contributed by atoms with Crippen LogP contribution in [-0.4, -0.2) is 14.5 Å². The van der Waals surface area contributed by atoms with Crippen molar-refractivity contribution in [1.29, 1.82) is 0 Å². The molecule has 3 N–H and O–H groups in total. The van der Waals surface area contributed by atoms with Gasteiger partial charge in [-0.2, -0.15) is 0 Å². The molecule has 0 aliphatic heterocycles. The zero-order chi connectivity index (χ0) is 15.0. The molecular weight excluding hydrogens is 276 g/mol. The molecular formula is C14H24N2O3S. The lowest BCUT2D eigenvalue weighted by atomic mass is 9.74. The first-order valence-corrected chi connectivity index (χ1v) is 8.56. The van der Waals surface area contributed by atoms with Crippen LogP contribution in [0.4, 0.5) is 0 Å². The van der Waals surface area contributed by atoms with Crippen LogP contribution in [0.5, 0.6) is 0 Å². The molecule has 0 spiro atoms. The van der Waals surface area contributed by atoms with Gasteiger partial charge >= 0.3 is 0 Å². The second-order valence-corrected chi connectivity index (χ2v) is 7.93. The van der Waals surface area contributed by atoms with Crippen molar-refractivity contribution in [2.45, 2.75) is 63.9 Å². The third-order valence-corrected chi connectivity index (χ3v) is 5.80. The summed E-state index contributed by atoms with van der Waals surface area (Å²) < 4.78 is 33.3. The average molecular weight is 300 g/mol. The summed E-state index contributed by atoms with van der Waals surface area (Å²) in [5, 5.41) is 0. The number of aryl methyl sites for hydroxylation is 1. The molecule has 1 aliphatic carbocycles. The van der Waals surface area contributed by atoms with E-state index in [1.165, 1.54) is 6.07 Å². The van der Waals surface area contributed by atoms with Crippen LogP contribution in [0, 0.1) is 12.3 Å². The van der Waals surface area contributed by atoms with Crippen molar-refractivity contribution >= 4 is 10.0 Å². The minimum Gasteiger partial charge on any atom is -0.464 e. The Labute approximate surface area is 121 Å². The molecule has 2 rings (SSSR count). The molecule has 1 heterocycles. The Balaban J connectivity index is 2.24. The van der Waals surface area contributed by atoms with Crippen LogP contribution in [0.15, 0.2) is 15.4 Å². The molecule has 0 saturated heterocycles. The topological polar surface area (TPSA) is 85.3 Å². The molecule has 20 heavy (non-hydrogen) atoms. The van der Waals surface area contributed by atoms with Gasteiger partial charge in [-0.25, -0.2) is 13.1 Å². The molecule has 0 radical (unpaired) electrons. The summed E-state index contributed by atoms with van der Waals surface area (Å²) in [5.41, 5.74) is 5.48. The molecule has 1 aromatic rings. The van der Waals surface area contributed by atoms with E-state index < -0.39 is 10.0 Å². The monoisotopic (exact) mass is 300 g/mol. The predicted molar refractivity (Wildman–Crippen MR) is 77.7 cm³/mol. The van der Waals surface area contributed by atoms with E-state index in [0.29, 0.717) is 11.5 Å². The van der Waals surface area contributed by atoms with Crippen molar-refractivity contribution in [3.05, 3.63) is 17.6 Å². The molecule has 1 atom stereocenters. The Hall–Kier alpha value is -0.850. The first-order chi connectivity index (χ1) is 9.26. The fraction of sp³-hybridized carbons (Fsp3) is 0.714. The minimum atomic E-state index is -3.55. The Bertz CT molecular complexity index is 575. The Kier molecular flexibility index (Phi) is 4.27. The molecule has 1 unspecified atom stereocenters. The zero-order valence-corrected chi connectivity index (χ0v) is 13.2. The predicted octanol–water partition coefficient (Wildman–Crippen LogP) is 2.29. The van der Waals surface area contributed by atoms with Crippen molar-refractivity contribution < 1.29 is 12.8 Å². The second kappa shape index (κ2) is 5.50. The van der Waals surface area contributed by atoms with E-state index in [-0.39, 0.29) is 22.9 Å². The summed E-state index contributed by atoms with van der Waals surface area (Å²) in [6.07, 6.45) is 4.15. The molecule has 1 aromatic heterocycles. The van der Waals surface area contributed by atoms with Gasteiger partial charge in [0.25, 0.3) is 0 Å². The molecule has 114 valence electrons. The maximum Gasteiger partial charge on any atom is 0.244 e. The lowest BCUT2D eigenvalue weighted by Gasteiger charge is -2.38. The Morgan fingerprint density at radius 3 is 2.70 bits per heavy atom. The van der Waals surface area contributed by atoms with Gasteiger partial charge in [-0.3, -0.25) is 0 Å². The van der Waals surface area contributed by atoms with Crippen molar-refractivity contribution in [3.63, 3.8) is 0 Å². The van der Waals surface area contributed by atoms with Crippen molar-refractivity contribution in [1.82, 2.24) is 4.72 Å². The van der Waals surface area contributed by atoms with Crippen LogP contribution in [0.25, 0.3) is 0 Å². The van der Waals surface area contributed by atoms with Gasteiger partial charge in [-0.05, 0) is 25.2 Å². The largest absolute Gasteiger partial charge is 0.464 e. The van der Waals surface area contributed by atoms with Gasteiger partial charge in [-0.15, -0.1) is 0 Å². The van der Waals surface area contributed by atoms with Crippen LogP contribution in [-0.2, 0) is 16.6 Å². The quantitative estimate of drug-likeness (QED) is 0.893. The smallest absolute Gasteiger partial charge is 0.244 e. The summed E-state index contributed by atoms with van der Waals surface area (Å²) in [7, 11) is -3.55. The number of nitrogens with two attached hydrogens (primary N) is 1. The zero-order valence-electron chi connectivity index (χ0n) is 12.4. The molecule has 1 fully saturated rings. The van der Waals surface area contributed by atoms with Gasteiger partial charge in [0, 0.05) is 12.1 Å². The van der Waals surface area contributed by atoms with E-state index in [4.69, 9.17) is 10.2 Å². The van der Waals surface area contributed by atoms with Gasteiger partial charge in [0.15, 0.2) is 0 Å². The highest BCUT2D eigenvalue weighted by Gasteiger charge is 2.36. The summed E-state index contributed by atoms with van der Waals surface area (Å²) in [4.78, 5) is 0.208. The standard InChI is InChI=1S/C14H24N2O3S/c1-10-12(8-11(9-15)19-10)20(17,18)16-13-6-4-5-7-14(13,2)3/h8,13,16H,4-7,9,15H2,1-3H3. The average Bonchev–Trinajstić information content (AvgIpc) is 2.74. The third-order valence-electron chi connectivity index (χ3n) is 4.22. The fourth-order valence-electron chi connectivity index (χ4n) is 2.85. The maximum atomic E-state index is 12.5. The lowest BCUT2D eigenvalue weighted by molar-refractivity contribution is 0.188. The summed E-state index contributed by atoms with van der Waals surface area (Å²) in [6.45, 7) is 6.09. The van der Waals surface area contributed by atoms with Crippen LogP contribution >= 0.6 is 0 Å². The molecule has 1 saturated carbocycles. The van der Waals surface area contributed by atoms with Crippen LogP contribution < -0.4 is 10.5 Å². The number of nitrogens with one attached hydrogen (secondary N) is 1. The molecule has 0 bridgehead atoms. The van der Waals surface area contributed by atoms with E-state index in [9.17, 15) is 8.42 Å². The van der Waals surface area contributed by atoms with E-state index in [1.807, 2.05) is 0 Å². The Morgan fingerprint density at radius 2 is 2.15 bits per heavy atom. The van der Waals surface area contributed by atoms with E-state index >= 15 is 0 Å². The van der Waals surface area contributed by atoms with Gasteiger partial charge in [0.1, 0.15) is 16.4 Å². The SMILES string of the molecule is Cc1oc(CN)cc1S(=O)(=O)NC1CCCCC1(C)C. The van der Waals surface area contributed by atoms with E-state index in [2.05, 4.69) is 18.6 Å². The minimum absolute atomic E-state index is 0.0142. The highest BCUT2D eigenvalue weighted by Crippen LogP contribution is 2.36. The molecule has 1 aliphatic rings. The summed E-state index contributed by atoms with van der Waals surface area (Å²) in [6, 6.07) is 1.49. The van der Waals surface area contributed by atoms with Gasteiger partial charge in [-0.1, -0.05) is 26.7 Å². The fourth-order valence-corrected chi connectivity index (χ4v) is 4.50. The normalized spacial score (nSPS) is 22.9. The first-order valence-electron chi connectivity index (χ1n) is 7.08. The van der Waals surface area contributed by atoms with Crippen molar-refractivity contribution in [2.24, 2.45) is 11.1 Å². The highest BCUT2D eigenvalue weighted by atomic mass is 32.2. The number of sulfonamides is 1. The number of hydrogen-bond acceptors (Lipinski definition) is 4. The lowest BCUT2D eigenvalue weighted by Crippen LogP contribution is -2.46. The third kappa shape index (κ3) is 3.07. The first kappa shape index (κ1) is 15.5.